The SMILES string of the molecule is C[Si](C)(C)C#CC(CCCCCl)C(=O)O. The Labute approximate surface area is 98.0 Å². The van der Waals surface area contributed by atoms with E-state index in [2.05, 4.69) is 31.1 Å². The summed E-state index contributed by atoms with van der Waals surface area (Å²) in [6, 6.07) is 0. The number of carboxylic acid groups (broad SMARTS) is 1. The molecule has 0 aromatic heterocycles. The van der Waals surface area contributed by atoms with Gasteiger partial charge in [0.1, 0.15) is 14.0 Å². The summed E-state index contributed by atoms with van der Waals surface area (Å²) in [6.45, 7) is 6.33. The van der Waals surface area contributed by atoms with Crippen LogP contribution in [-0.2, 0) is 4.79 Å². The molecule has 1 atom stereocenters. The van der Waals surface area contributed by atoms with Crippen molar-refractivity contribution in [2.75, 3.05) is 5.88 Å². The zero-order valence-electron chi connectivity index (χ0n) is 9.64. The Morgan fingerprint density at radius 2 is 2.00 bits per heavy atom. The highest BCUT2D eigenvalue weighted by Gasteiger charge is 2.15. The van der Waals surface area contributed by atoms with Gasteiger partial charge in [-0.1, -0.05) is 32.0 Å². The van der Waals surface area contributed by atoms with Crippen LogP contribution in [0.3, 0.4) is 0 Å². The van der Waals surface area contributed by atoms with Crippen molar-refractivity contribution in [2.24, 2.45) is 5.92 Å². The molecule has 0 bridgehead atoms. The molecule has 0 spiro atoms. The van der Waals surface area contributed by atoms with E-state index in [1.54, 1.807) is 0 Å². The quantitative estimate of drug-likeness (QED) is 0.351. The van der Waals surface area contributed by atoms with Gasteiger partial charge in [0.05, 0.1) is 0 Å². The highest BCUT2D eigenvalue weighted by Crippen LogP contribution is 2.09. The lowest BCUT2D eigenvalue weighted by molar-refractivity contribution is -0.139. The number of rotatable bonds is 5. The van der Waals surface area contributed by atoms with Crippen LogP contribution in [0, 0.1) is 17.4 Å². The van der Waals surface area contributed by atoms with Crippen molar-refractivity contribution in [3.8, 4) is 11.5 Å². The van der Waals surface area contributed by atoms with Crippen molar-refractivity contribution >= 4 is 25.6 Å². The number of alkyl halides is 1. The van der Waals surface area contributed by atoms with E-state index in [0.29, 0.717) is 12.3 Å². The van der Waals surface area contributed by atoms with Gasteiger partial charge in [-0.05, 0) is 12.8 Å². The second-order valence-corrected chi connectivity index (χ2v) is 9.72. The smallest absolute Gasteiger partial charge is 0.318 e. The lowest BCUT2D eigenvalue weighted by Gasteiger charge is -2.07. The highest BCUT2D eigenvalue weighted by atomic mass is 35.5. The first kappa shape index (κ1) is 14.5. The third-order valence-corrected chi connectivity index (χ3v) is 2.96. The van der Waals surface area contributed by atoms with E-state index in [1.807, 2.05) is 0 Å². The monoisotopic (exact) mass is 246 g/mol. The first-order valence-electron chi connectivity index (χ1n) is 5.18. The van der Waals surface area contributed by atoms with E-state index in [0.717, 1.165) is 12.8 Å². The lowest BCUT2D eigenvalue weighted by atomic mass is 10.0. The first-order valence-corrected chi connectivity index (χ1v) is 9.22. The van der Waals surface area contributed by atoms with Crippen LogP contribution >= 0.6 is 11.6 Å². The molecule has 2 nitrogen and oxygen atoms in total. The number of carboxylic acids is 1. The predicted molar refractivity (Wildman–Crippen MR) is 66.8 cm³/mol. The van der Waals surface area contributed by atoms with Crippen LogP contribution < -0.4 is 0 Å². The predicted octanol–water partition coefficient (Wildman–Crippen LogP) is 2.98. The van der Waals surface area contributed by atoms with Crippen molar-refractivity contribution in [1.29, 1.82) is 0 Å². The Morgan fingerprint density at radius 3 is 2.40 bits per heavy atom. The fraction of sp³-hybridized carbons (Fsp3) is 0.727. The van der Waals surface area contributed by atoms with Crippen molar-refractivity contribution < 1.29 is 9.90 Å². The van der Waals surface area contributed by atoms with Gasteiger partial charge in [-0.25, -0.2) is 0 Å². The van der Waals surface area contributed by atoms with Gasteiger partial charge in [0.2, 0.25) is 0 Å². The Morgan fingerprint density at radius 1 is 1.40 bits per heavy atom. The van der Waals surface area contributed by atoms with Crippen molar-refractivity contribution in [1.82, 2.24) is 0 Å². The van der Waals surface area contributed by atoms with Crippen LogP contribution in [0.1, 0.15) is 19.3 Å². The van der Waals surface area contributed by atoms with Crippen molar-refractivity contribution in [2.45, 2.75) is 38.9 Å². The van der Waals surface area contributed by atoms with Crippen molar-refractivity contribution in [3.05, 3.63) is 0 Å². The summed E-state index contributed by atoms with van der Waals surface area (Å²) in [6.07, 6.45) is 2.31. The normalized spacial score (nSPS) is 12.8. The highest BCUT2D eigenvalue weighted by molar-refractivity contribution is 6.83. The summed E-state index contributed by atoms with van der Waals surface area (Å²) in [5, 5.41) is 8.95. The molecule has 0 aromatic carbocycles. The molecule has 0 aliphatic rings. The summed E-state index contributed by atoms with van der Waals surface area (Å²) >= 11 is 5.54. The fourth-order valence-electron chi connectivity index (χ4n) is 1.00. The van der Waals surface area contributed by atoms with E-state index in [1.165, 1.54) is 0 Å². The second kappa shape index (κ2) is 6.92. The van der Waals surface area contributed by atoms with Gasteiger partial charge in [0, 0.05) is 5.88 Å². The number of hydrogen-bond acceptors (Lipinski definition) is 1. The summed E-state index contributed by atoms with van der Waals surface area (Å²) in [5.41, 5.74) is 3.11. The number of aliphatic carboxylic acids is 1. The molecule has 0 heterocycles. The lowest BCUT2D eigenvalue weighted by Crippen LogP contribution is -2.19. The van der Waals surface area contributed by atoms with Gasteiger partial charge < -0.3 is 5.11 Å². The third-order valence-electron chi connectivity index (χ3n) is 1.80. The number of unbranched alkanes of at least 4 members (excludes halogenated alkanes) is 1. The molecule has 86 valence electrons. The Balaban J connectivity index is 4.27. The van der Waals surface area contributed by atoms with Crippen molar-refractivity contribution in [3.63, 3.8) is 0 Å². The molecule has 0 aliphatic carbocycles. The third kappa shape index (κ3) is 8.53. The molecular weight excluding hydrogens is 228 g/mol. The molecule has 0 aliphatic heterocycles. The maximum absolute atomic E-state index is 10.9. The van der Waals surface area contributed by atoms with E-state index < -0.39 is 20.0 Å². The zero-order valence-corrected chi connectivity index (χ0v) is 11.4. The van der Waals surface area contributed by atoms with E-state index in [9.17, 15) is 4.79 Å². The number of carbonyl (C=O) groups is 1. The maximum Gasteiger partial charge on any atom is 0.318 e. The molecule has 0 saturated carbocycles. The summed E-state index contributed by atoms with van der Waals surface area (Å²) in [5.74, 6) is 2.15. The zero-order chi connectivity index (χ0) is 11.9. The van der Waals surface area contributed by atoms with E-state index in [4.69, 9.17) is 16.7 Å². The molecule has 1 unspecified atom stereocenters. The minimum absolute atomic E-state index is 0.514. The molecule has 0 fully saturated rings. The molecule has 0 rings (SSSR count). The minimum atomic E-state index is -1.46. The molecule has 15 heavy (non-hydrogen) atoms. The average Bonchev–Trinajstić information content (AvgIpc) is 2.08. The topological polar surface area (TPSA) is 37.3 Å². The Hall–Kier alpha value is -0.463. The molecular formula is C11H19ClO2Si. The largest absolute Gasteiger partial charge is 0.480 e. The van der Waals surface area contributed by atoms with E-state index in [-0.39, 0.29) is 0 Å². The van der Waals surface area contributed by atoms with Gasteiger partial charge in [-0.2, -0.15) is 0 Å². The molecule has 0 radical (unpaired) electrons. The molecule has 1 N–H and O–H groups in total. The van der Waals surface area contributed by atoms with Crippen LogP contribution in [0.25, 0.3) is 0 Å². The first-order chi connectivity index (χ1) is 6.87. The molecule has 0 amide bonds. The van der Waals surface area contributed by atoms with Crippen LogP contribution in [-0.4, -0.2) is 25.0 Å². The van der Waals surface area contributed by atoms with Gasteiger partial charge >= 0.3 is 5.97 Å². The standard InChI is InChI=1S/C11H19ClO2Si/c1-15(2,3)9-7-10(11(13)14)6-4-5-8-12/h10H,4-6,8H2,1-3H3,(H,13,14). The van der Waals surface area contributed by atoms with E-state index >= 15 is 0 Å². The van der Waals surface area contributed by atoms with Gasteiger partial charge in [-0.15, -0.1) is 17.1 Å². The van der Waals surface area contributed by atoms with Crippen LogP contribution in [0.15, 0.2) is 0 Å². The Bertz CT molecular complexity index is 260. The fourth-order valence-corrected chi connectivity index (χ4v) is 1.80. The minimum Gasteiger partial charge on any atom is -0.480 e. The molecule has 4 heteroatoms. The number of halogens is 1. The van der Waals surface area contributed by atoms with Gasteiger partial charge in [0.25, 0.3) is 0 Å². The summed E-state index contributed by atoms with van der Waals surface area (Å²) in [4.78, 5) is 10.9. The van der Waals surface area contributed by atoms with Crippen LogP contribution in [0.5, 0.6) is 0 Å². The molecule has 0 aromatic rings. The van der Waals surface area contributed by atoms with Gasteiger partial charge in [-0.3, -0.25) is 4.79 Å². The number of hydrogen-bond donors (Lipinski definition) is 1. The average molecular weight is 247 g/mol. The Kier molecular flexibility index (Phi) is 6.70. The second-order valence-electron chi connectivity index (χ2n) is 4.59. The maximum atomic E-state index is 10.9. The molecule has 0 saturated heterocycles. The van der Waals surface area contributed by atoms with Crippen LogP contribution in [0.4, 0.5) is 0 Å². The summed E-state index contributed by atoms with van der Waals surface area (Å²) in [7, 11) is -1.46. The van der Waals surface area contributed by atoms with Crippen LogP contribution in [0.2, 0.25) is 19.6 Å². The van der Waals surface area contributed by atoms with Gasteiger partial charge in [0.15, 0.2) is 0 Å². The summed E-state index contributed by atoms with van der Waals surface area (Å²) < 4.78 is 0.